The van der Waals surface area contributed by atoms with E-state index < -0.39 is 82.7 Å². The Morgan fingerprint density at radius 1 is 1.12 bits per heavy atom. The van der Waals surface area contributed by atoms with Gasteiger partial charge in [0, 0.05) is 43.4 Å². The van der Waals surface area contributed by atoms with E-state index in [-0.39, 0.29) is 36.1 Å². The van der Waals surface area contributed by atoms with Gasteiger partial charge < -0.3 is 25.3 Å². The fourth-order valence-electron chi connectivity index (χ4n) is 6.94. The zero-order chi connectivity index (χ0) is 29.6. The molecule has 0 spiro atoms. The summed E-state index contributed by atoms with van der Waals surface area (Å²) in [5.74, 6) is -9.14. The Hall–Kier alpha value is -3.35. The summed E-state index contributed by atoms with van der Waals surface area (Å²) in [6.07, 6.45) is 0.178. The summed E-state index contributed by atoms with van der Waals surface area (Å²) in [7, 11) is 6.69. The molecule has 1 aliphatic heterocycles. The van der Waals surface area contributed by atoms with E-state index in [1.807, 2.05) is 0 Å². The number of aliphatic hydroxyl groups excluding tert-OH is 2. The molecule has 0 radical (unpaired) electrons. The minimum Gasteiger partial charge on any atom is -0.510 e. The number of hydrogen-bond acceptors (Lipinski definition) is 10. The summed E-state index contributed by atoms with van der Waals surface area (Å²) >= 11 is 0. The lowest BCUT2D eigenvalue weighted by atomic mass is 9.58. The molecule has 0 bridgehead atoms. The van der Waals surface area contributed by atoms with Crippen LogP contribution in [-0.4, -0.2) is 106 Å². The molecule has 4 N–H and O–H groups in total. The van der Waals surface area contributed by atoms with Crippen molar-refractivity contribution in [3.05, 3.63) is 45.4 Å². The van der Waals surface area contributed by atoms with Crippen molar-refractivity contribution >= 4 is 23.0 Å². The van der Waals surface area contributed by atoms with Gasteiger partial charge in [0.1, 0.15) is 22.8 Å². The molecule has 4 aliphatic rings. The van der Waals surface area contributed by atoms with Crippen LogP contribution in [0.4, 0.5) is 14.5 Å². The monoisotopic (exact) mass is 561 g/mol. The first-order valence-corrected chi connectivity index (χ1v) is 13.0. The normalized spacial score (nSPS) is 29.7. The summed E-state index contributed by atoms with van der Waals surface area (Å²) < 4.78 is 26.9. The van der Waals surface area contributed by atoms with Gasteiger partial charge >= 0.3 is 0 Å². The van der Waals surface area contributed by atoms with E-state index in [1.54, 1.807) is 44.1 Å². The van der Waals surface area contributed by atoms with Crippen LogP contribution < -0.4 is 4.90 Å². The topological polar surface area (TPSA) is 142 Å². The molecule has 5 rings (SSSR count). The Balaban J connectivity index is 1.67. The van der Waals surface area contributed by atoms with Gasteiger partial charge in [-0.05, 0) is 51.4 Å². The molecular formula is C28H33F2N3O7. The number of benzene rings is 1. The number of likely N-dealkylation sites (N-methyl/N-ethyl adjacent to an activating group) is 1. The van der Waals surface area contributed by atoms with Gasteiger partial charge in [0.15, 0.2) is 17.2 Å². The van der Waals surface area contributed by atoms with Gasteiger partial charge in [-0.3, -0.25) is 24.2 Å². The molecule has 0 saturated carbocycles. The van der Waals surface area contributed by atoms with Crippen LogP contribution in [0.1, 0.15) is 34.8 Å². The lowest BCUT2D eigenvalue weighted by molar-refractivity contribution is -0.148. The number of allylic oxidation sites excluding steroid dienone is 1. The van der Waals surface area contributed by atoms with Crippen molar-refractivity contribution in [3.8, 4) is 5.75 Å². The number of carbonyl (C=O) groups excluding carboxylic acids is 3. The largest absolute Gasteiger partial charge is 0.510 e. The molecule has 3 aliphatic carbocycles. The van der Waals surface area contributed by atoms with E-state index in [0.717, 1.165) is 6.92 Å². The molecule has 12 heteroatoms. The van der Waals surface area contributed by atoms with E-state index in [2.05, 4.69) is 0 Å². The minimum absolute atomic E-state index is 0.0170. The van der Waals surface area contributed by atoms with E-state index in [0.29, 0.717) is 11.3 Å². The Labute approximate surface area is 229 Å². The molecule has 40 heavy (non-hydrogen) atoms. The predicted octanol–water partition coefficient (Wildman–Crippen LogP) is 1.74. The second-order valence-corrected chi connectivity index (χ2v) is 11.8. The van der Waals surface area contributed by atoms with Crippen LogP contribution in [-0.2, 0) is 22.6 Å². The summed E-state index contributed by atoms with van der Waals surface area (Å²) in [4.78, 5) is 44.6. The van der Waals surface area contributed by atoms with Crippen molar-refractivity contribution in [1.82, 2.24) is 9.80 Å². The fraction of sp³-hybridized carbons (Fsp3) is 0.536. The number of aromatic hydroxyl groups is 1. The first-order chi connectivity index (χ1) is 18.5. The maximum absolute atomic E-state index is 14.0. The van der Waals surface area contributed by atoms with E-state index in [4.69, 9.17) is 0 Å². The first-order valence-electron chi connectivity index (χ1n) is 13.0. The molecule has 1 fully saturated rings. The molecule has 4 atom stereocenters. The minimum atomic E-state index is -2.82. The molecule has 0 aromatic heterocycles. The highest BCUT2D eigenvalue weighted by atomic mass is 19.3. The van der Waals surface area contributed by atoms with Crippen molar-refractivity contribution in [2.24, 2.45) is 11.8 Å². The Kier molecular flexibility index (Phi) is 6.40. The number of phenols is 1. The number of nitrogens with zero attached hydrogens (tertiary/aromatic N) is 3. The first kappa shape index (κ1) is 28.2. The van der Waals surface area contributed by atoms with E-state index >= 15 is 0 Å². The lowest BCUT2D eigenvalue weighted by Gasteiger charge is -2.50. The molecule has 1 saturated heterocycles. The smallest absolute Gasteiger partial charge is 0.272 e. The average Bonchev–Trinajstić information content (AvgIpc) is 2.81. The third-order valence-corrected chi connectivity index (χ3v) is 8.67. The van der Waals surface area contributed by atoms with Gasteiger partial charge in [-0.1, -0.05) is 0 Å². The zero-order valence-electron chi connectivity index (χ0n) is 23.0. The van der Waals surface area contributed by atoms with Gasteiger partial charge in [0.2, 0.25) is 5.78 Å². The van der Waals surface area contributed by atoms with Gasteiger partial charge in [-0.2, -0.15) is 0 Å². The number of alkyl halides is 2. The van der Waals surface area contributed by atoms with E-state index in [1.165, 1.54) is 4.90 Å². The van der Waals surface area contributed by atoms with Crippen molar-refractivity contribution in [1.29, 1.82) is 0 Å². The van der Waals surface area contributed by atoms with Crippen LogP contribution in [0.5, 0.6) is 5.75 Å². The summed E-state index contributed by atoms with van der Waals surface area (Å²) in [6, 6.07) is 0.659. The zero-order valence-corrected chi connectivity index (χ0v) is 23.0. The average molecular weight is 562 g/mol. The highest BCUT2D eigenvalue weighted by molar-refractivity contribution is 6.25. The molecule has 10 nitrogen and oxygen atoms in total. The Bertz CT molecular complexity index is 1410. The van der Waals surface area contributed by atoms with Gasteiger partial charge in [-0.25, -0.2) is 8.78 Å². The number of anilines is 1. The van der Waals surface area contributed by atoms with Crippen LogP contribution in [0.3, 0.4) is 0 Å². The maximum Gasteiger partial charge on any atom is 0.272 e. The summed E-state index contributed by atoms with van der Waals surface area (Å²) in [5, 5.41) is 45.4. The highest BCUT2D eigenvalue weighted by Gasteiger charge is 2.63. The number of likely N-dealkylation sites (tertiary alicyclic amines) is 1. The maximum atomic E-state index is 14.0. The van der Waals surface area contributed by atoms with Gasteiger partial charge in [0.25, 0.3) is 5.92 Å². The lowest BCUT2D eigenvalue weighted by Crippen LogP contribution is -2.63. The van der Waals surface area contributed by atoms with Crippen molar-refractivity contribution in [3.63, 3.8) is 0 Å². The number of aliphatic hydroxyl groups is 3. The standard InChI is InChI=1S/C28H33F2N3O7/c1-12(34)18-24(37)21(32(4)5)16-7-13-6-15-17(31(2)3)8-14(9-33-10-27(29,30)11-33)22(35)20(15)23(36)19(13)26(39)28(16,40)25(18)38/h8,13,16,21,35,37,39-40H,6-7,9-11H2,1-5H3/t13-,16-,21-,28+/m0/s1. The number of Topliss-reactive ketones (excluding diaryl/α,β-unsaturated/α-hetero) is 3. The third-order valence-electron chi connectivity index (χ3n) is 8.67. The summed E-state index contributed by atoms with van der Waals surface area (Å²) in [6.45, 7) is 0.0722. The van der Waals surface area contributed by atoms with Crippen molar-refractivity contribution < 1.29 is 43.6 Å². The molecule has 0 amide bonds. The molecule has 216 valence electrons. The molecular weight excluding hydrogens is 528 g/mol. The molecule has 0 unspecified atom stereocenters. The van der Waals surface area contributed by atoms with Crippen LogP contribution >= 0.6 is 0 Å². The number of fused-ring (bicyclic) bond motifs is 3. The quantitative estimate of drug-likeness (QED) is 0.393. The van der Waals surface area contributed by atoms with Crippen molar-refractivity contribution in [2.45, 2.75) is 43.9 Å². The fourth-order valence-corrected chi connectivity index (χ4v) is 6.94. The summed E-state index contributed by atoms with van der Waals surface area (Å²) in [5.41, 5.74) is -2.32. The van der Waals surface area contributed by atoms with E-state index in [9.17, 15) is 43.6 Å². The number of rotatable bonds is 5. The number of ketones is 3. The van der Waals surface area contributed by atoms with Gasteiger partial charge in [0.05, 0.1) is 24.7 Å². The Morgan fingerprint density at radius 2 is 1.75 bits per heavy atom. The van der Waals surface area contributed by atoms with Gasteiger partial charge in [-0.15, -0.1) is 0 Å². The van der Waals surface area contributed by atoms with Crippen LogP contribution in [0.25, 0.3) is 0 Å². The Morgan fingerprint density at radius 3 is 2.27 bits per heavy atom. The number of phenolic OH excluding ortho intramolecular Hbond substituents is 1. The number of hydrogen-bond donors (Lipinski definition) is 4. The predicted molar refractivity (Wildman–Crippen MR) is 140 cm³/mol. The third kappa shape index (κ3) is 3.87. The molecule has 1 heterocycles. The second kappa shape index (κ2) is 9.08. The second-order valence-electron chi connectivity index (χ2n) is 11.8. The number of halogens is 2. The van der Waals surface area contributed by atoms with Crippen LogP contribution in [0.2, 0.25) is 0 Å². The SMILES string of the molecule is CC(=O)C1=C(O)[C@@H](N(C)C)[C@@H]2C[C@@H]3Cc4c(N(C)C)cc(CN5CC(F)(F)C5)c(O)c4C(=O)C3=C(O)[C@]2(O)C1=O. The highest BCUT2D eigenvalue weighted by Crippen LogP contribution is 2.53. The van der Waals surface area contributed by atoms with Crippen LogP contribution in [0.15, 0.2) is 28.7 Å². The molecule has 1 aromatic carbocycles. The van der Waals surface area contributed by atoms with Crippen LogP contribution in [0, 0.1) is 11.8 Å². The number of carbonyl (C=O) groups is 3. The van der Waals surface area contributed by atoms with Crippen molar-refractivity contribution in [2.75, 3.05) is 46.2 Å². The molecule has 1 aromatic rings.